The van der Waals surface area contributed by atoms with Crippen LogP contribution in [0.5, 0.6) is 0 Å². The molecule has 0 spiro atoms. The van der Waals surface area contributed by atoms with Gasteiger partial charge in [0, 0.05) is 37.0 Å². The van der Waals surface area contributed by atoms with Crippen molar-refractivity contribution in [1.29, 1.82) is 0 Å². The second kappa shape index (κ2) is 10.3. The van der Waals surface area contributed by atoms with E-state index in [2.05, 4.69) is 58.2 Å². The highest BCUT2D eigenvalue weighted by Gasteiger charge is 2.22. The number of fused-ring (bicyclic) bond motifs is 1. The summed E-state index contributed by atoms with van der Waals surface area (Å²) in [5, 5.41) is 8.39. The Labute approximate surface area is 190 Å². The third-order valence-electron chi connectivity index (χ3n) is 6.13. The lowest BCUT2D eigenvalue weighted by Crippen LogP contribution is -2.31. The number of hydrogen-bond acceptors (Lipinski definition) is 6. The first-order chi connectivity index (χ1) is 15.1. The monoisotopic (exact) mass is 435 g/mol. The topological polar surface area (TPSA) is 53.1 Å². The molecule has 2 N–H and O–H groups in total. The number of anilines is 2. The number of nitrogens with one attached hydrogen (secondary N) is 2. The third kappa shape index (κ3) is 5.49. The van der Waals surface area contributed by atoms with E-state index in [0.717, 1.165) is 41.7 Å². The van der Waals surface area contributed by atoms with Gasteiger partial charge < -0.3 is 15.5 Å². The molecule has 0 radical (unpaired) electrons. The minimum atomic E-state index is 0.449. The highest BCUT2D eigenvalue weighted by Crippen LogP contribution is 2.28. The predicted molar refractivity (Wildman–Crippen MR) is 133 cm³/mol. The number of hydrogen-bond donors (Lipinski definition) is 2. The highest BCUT2D eigenvalue weighted by atomic mass is 32.2. The maximum absolute atomic E-state index is 4.80. The molecule has 164 valence electrons. The number of nitrogens with zero attached hydrogens (tertiary/aromatic N) is 3. The molecule has 31 heavy (non-hydrogen) atoms. The Morgan fingerprint density at radius 2 is 1.71 bits per heavy atom. The zero-order valence-corrected chi connectivity index (χ0v) is 19.6. The quantitative estimate of drug-likeness (QED) is 0.476. The molecule has 0 bridgehead atoms. The van der Waals surface area contributed by atoms with Gasteiger partial charge in [-0.15, -0.1) is 11.8 Å². The van der Waals surface area contributed by atoms with Gasteiger partial charge in [-0.05, 0) is 68.2 Å². The lowest BCUT2D eigenvalue weighted by Gasteiger charge is -2.29. The third-order valence-corrected chi connectivity index (χ3v) is 6.97. The summed E-state index contributed by atoms with van der Waals surface area (Å²) in [5.41, 5.74) is 2.39. The van der Waals surface area contributed by atoms with E-state index < -0.39 is 0 Å². The van der Waals surface area contributed by atoms with Gasteiger partial charge in [-0.1, -0.05) is 30.3 Å². The Morgan fingerprint density at radius 3 is 2.48 bits per heavy atom. The van der Waals surface area contributed by atoms with Crippen LogP contribution in [0.3, 0.4) is 0 Å². The second-order valence-corrected chi connectivity index (χ2v) is 9.44. The Morgan fingerprint density at radius 1 is 0.968 bits per heavy atom. The van der Waals surface area contributed by atoms with Crippen LogP contribution in [0.2, 0.25) is 0 Å². The predicted octanol–water partition coefficient (Wildman–Crippen LogP) is 5.18. The van der Waals surface area contributed by atoms with Crippen LogP contribution in [-0.2, 0) is 6.54 Å². The molecule has 4 rings (SSSR count). The van der Waals surface area contributed by atoms with Crippen molar-refractivity contribution >= 4 is 34.4 Å². The van der Waals surface area contributed by atoms with Gasteiger partial charge in [-0.25, -0.2) is 4.98 Å². The Bertz CT molecular complexity index is 998. The molecule has 1 fully saturated rings. The summed E-state index contributed by atoms with van der Waals surface area (Å²) in [6.07, 6.45) is 6.96. The molecule has 2 aromatic carbocycles. The summed E-state index contributed by atoms with van der Waals surface area (Å²) >= 11 is 1.82. The van der Waals surface area contributed by atoms with Crippen molar-refractivity contribution in [3.8, 4) is 0 Å². The zero-order valence-electron chi connectivity index (χ0n) is 18.8. The van der Waals surface area contributed by atoms with E-state index in [1.165, 1.54) is 36.1 Å². The van der Waals surface area contributed by atoms with Gasteiger partial charge >= 0.3 is 0 Å². The van der Waals surface area contributed by atoms with Crippen LogP contribution in [0.15, 0.2) is 53.4 Å². The fourth-order valence-corrected chi connectivity index (χ4v) is 5.04. The van der Waals surface area contributed by atoms with Crippen LogP contribution in [0.25, 0.3) is 10.9 Å². The molecule has 1 saturated carbocycles. The summed E-state index contributed by atoms with van der Waals surface area (Å²) < 4.78 is 0. The number of benzene rings is 2. The molecular weight excluding hydrogens is 402 g/mol. The molecule has 1 aliphatic carbocycles. The number of para-hydroxylation sites is 1. The van der Waals surface area contributed by atoms with Crippen LogP contribution < -0.4 is 15.5 Å². The van der Waals surface area contributed by atoms with Crippen molar-refractivity contribution in [2.45, 2.75) is 43.2 Å². The average molecular weight is 436 g/mol. The van der Waals surface area contributed by atoms with Crippen LogP contribution in [0.4, 0.5) is 11.8 Å². The van der Waals surface area contributed by atoms with E-state index in [4.69, 9.17) is 9.97 Å². The molecule has 0 amide bonds. The summed E-state index contributed by atoms with van der Waals surface area (Å²) in [6.45, 7) is 2.04. The maximum atomic E-state index is 4.80. The van der Waals surface area contributed by atoms with Gasteiger partial charge in [0.1, 0.15) is 5.82 Å². The smallest absolute Gasteiger partial charge is 0.225 e. The molecule has 1 aliphatic rings. The SMILES string of the molecule is CSc1ccccc1CNC[C@H]1CC[C@@H](Nc2nc(N(C)C)c3ccccc3n2)CC1. The van der Waals surface area contributed by atoms with Crippen molar-refractivity contribution in [3.05, 3.63) is 54.1 Å². The number of aromatic nitrogens is 2. The Hall–Kier alpha value is -2.31. The van der Waals surface area contributed by atoms with Crippen LogP contribution >= 0.6 is 11.8 Å². The molecular formula is C25H33N5S. The minimum absolute atomic E-state index is 0.449. The minimum Gasteiger partial charge on any atom is -0.362 e. The van der Waals surface area contributed by atoms with Gasteiger partial charge in [0.15, 0.2) is 0 Å². The molecule has 3 aromatic rings. The molecule has 0 unspecified atom stereocenters. The zero-order chi connectivity index (χ0) is 21.6. The molecule has 0 saturated heterocycles. The fraction of sp³-hybridized carbons (Fsp3) is 0.440. The van der Waals surface area contributed by atoms with Gasteiger partial charge in [0.25, 0.3) is 0 Å². The summed E-state index contributed by atoms with van der Waals surface area (Å²) in [7, 11) is 4.07. The lowest BCUT2D eigenvalue weighted by atomic mass is 9.86. The van der Waals surface area contributed by atoms with Gasteiger partial charge in [-0.3, -0.25) is 0 Å². The van der Waals surface area contributed by atoms with Crippen molar-refractivity contribution in [2.24, 2.45) is 5.92 Å². The average Bonchev–Trinajstić information content (AvgIpc) is 2.80. The normalized spacial score (nSPS) is 18.8. The number of thioether (sulfide) groups is 1. The van der Waals surface area contributed by atoms with Gasteiger partial charge in [-0.2, -0.15) is 4.98 Å². The number of rotatable bonds is 8. The van der Waals surface area contributed by atoms with E-state index in [1.54, 1.807) is 0 Å². The molecule has 5 nitrogen and oxygen atoms in total. The maximum Gasteiger partial charge on any atom is 0.225 e. The summed E-state index contributed by atoms with van der Waals surface area (Å²) in [4.78, 5) is 13.0. The van der Waals surface area contributed by atoms with Gasteiger partial charge in [0.05, 0.1) is 5.52 Å². The summed E-state index contributed by atoms with van der Waals surface area (Å²) in [6, 6.07) is 17.4. The summed E-state index contributed by atoms with van der Waals surface area (Å²) in [5.74, 6) is 2.46. The van der Waals surface area contributed by atoms with E-state index in [-0.39, 0.29) is 0 Å². The second-order valence-electron chi connectivity index (χ2n) is 8.59. The first kappa shape index (κ1) is 21.9. The van der Waals surface area contributed by atoms with Gasteiger partial charge in [0.2, 0.25) is 5.95 Å². The first-order valence-electron chi connectivity index (χ1n) is 11.2. The van der Waals surface area contributed by atoms with E-state index in [0.29, 0.717) is 6.04 Å². The molecule has 0 atom stereocenters. The standard InChI is InChI=1S/C25H33N5S/c1-30(2)24-21-9-5-6-10-22(21)28-25(29-24)27-20-14-12-18(13-15-20)16-26-17-19-8-4-7-11-23(19)31-3/h4-11,18,20,26H,12-17H2,1-3H3,(H,27,28,29)/t18-,20+. The molecule has 1 aromatic heterocycles. The van der Waals surface area contributed by atoms with E-state index >= 15 is 0 Å². The van der Waals surface area contributed by atoms with Crippen LogP contribution in [0.1, 0.15) is 31.2 Å². The fourth-order valence-electron chi connectivity index (χ4n) is 4.42. The molecule has 0 aliphatic heterocycles. The van der Waals surface area contributed by atoms with Crippen LogP contribution in [-0.4, -0.2) is 42.9 Å². The Balaban J connectivity index is 1.29. The molecule has 1 heterocycles. The van der Waals surface area contributed by atoms with Crippen molar-refractivity contribution in [1.82, 2.24) is 15.3 Å². The van der Waals surface area contributed by atoms with Crippen LogP contribution in [0, 0.1) is 5.92 Å². The first-order valence-corrected chi connectivity index (χ1v) is 12.4. The largest absolute Gasteiger partial charge is 0.362 e. The van der Waals surface area contributed by atoms with E-state index in [1.807, 2.05) is 38.0 Å². The highest BCUT2D eigenvalue weighted by molar-refractivity contribution is 7.98. The van der Waals surface area contributed by atoms with Crippen molar-refractivity contribution < 1.29 is 0 Å². The lowest BCUT2D eigenvalue weighted by molar-refractivity contribution is 0.323. The van der Waals surface area contributed by atoms with E-state index in [9.17, 15) is 0 Å². The Kier molecular flexibility index (Phi) is 7.30. The molecule has 6 heteroatoms. The van der Waals surface area contributed by atoms with Crippen molar-refractivity contribution in [3.63, 3.8) is 0 Å². The van der Waals surface area contributed by atoms with Crippen molar-refractivity contribution in [2.75, 3.05) is 37.1 Å².